The SMILES string of the molecule is Clc1ccc(Sc2ccccc2CN2CCC3(CC2)CNCCN3)cc1. The van der Waals surface area contributed by atoms with Crippen molar-refractivity contribution in [3.05, 3.63) is 59.1 Å². The highest BCUT2D eigenvalue weighted by atomic mass is 35.5. The zero-order chi connectivity index (χ0) is 17.8. The molecule has 1 spiro atoms. The summed E-state index contributed by atoms with van der Waals surface area (Å²) in [5.41, 5.74) is 1.74. The fourth-order valence-corrected chi connectivity index (χ4v) is 4.97. The molecule has 0 unspecified atom stereocenters. The molecule has 2 heterocycles. The largest absolute Gasteiger partial charge is 0.314 e. The molecule has 26 heavy (non-hydrogen) atoms. The highest BCUT2D eigenvalue weighted by molar-refractivity contribution is 7.99. The Morgan fingerprint density at radius 3 is 2.50 bits per heavy atom. The van der Waals surface area contributed by atoms with Crippen LogP contribution in [0, 0.1) is 0 Å². The van der Waals surface area contributed by atoms with Crippen LogP contribution in [0.5, 0.6) is 0 Å². The first-order valence-corrected chi connectivity index (χ1v) is 10.6. The minimum absolute atomic E-state index is 0.326. The summed E-state index contributed by atoms with van der Waals surface area (Å²) in [4.78, 5) is 5.17. The highest BCUT2D eigenvalue weighted by Gasteiger charge is 2.35. The topological polar surface area (TPSA) is 27.3 Å². The normalized spacial score (nSPS) is 20.3. The summed E-state index contributed by atoms with van der Waals surface area (Å²) in [6, 6.07) is 16.9. The molecular formula is C21H26ClN3S. The second-order valence-corrected chi connectivity index (χ2v) is 8.88. The fraction of sp³-hybridized carbons (Fsp3) is 0.429. The fourth-order valence-electron chi connectivity index (χ4n) is 3.90. The summed E-state index contributed by atoms with van der Waals surface area (Å²) in [6.07, 6.45) is 2.46. The number of likely N-dealkylation sites (tertiary alicyclic amines) is 1. The van der Waals surface area contributed by atoms with Crippen LogP contribution in [0.25, 0.3) is 0 Å². The molecule has 5 heteroatoms. The van der Waals surface area contributed by atoms with Gasteiger partial charge in [-0.1, -0.05) is 41.6 Å². The summed E-state index contributed by atoms with van der Waals surface area (Å²) in [7, 11) is 0. The smallest absolute Gasteiger partial charge is 0.0406 e. The zero-order valence-corrected chi connectivity index (χ0v) is 16.6. The van der Waals surface area contributed by atoms with Crippen LogP contribution in [0.15, 0.2) is 58.3 Å². The molecule has 3 nitrogen and oxygen atoms in total. The van der Waals surface area contributed by atoms with Crippen LogP contribution in [-0.2, 0) is 6.54 Å². The monoisotopic (exact) mass is 387 g/mol. The van der Waals surface area contributed by atoms with Crippen LogP contribution in [0.1, 0.15) is 18.4 Å². The Bertz CT molecular complexity index is 718. The van der Waals surface area contributed by atoms with Crippen molar-refractivity contribution in [3.63, 3.8) is 0 Å². The molecule has 0 saturated carbocycles. The Balaban J connectivity index is 1.40. The van der Waals surface area contributed by atoms with Crippen LogP contribution >= 0.6 is 23.4 Å². The molecule has 0 aliphatic carbocycles. The molecule has 0 atom stereocenters. The summed E-state index contributed by atoms with van der Waals surface area (Å²) in [5.74, 6) is 0. The lowest BCUT2D eigenvalue weighted by molar-refractivity contribution is 0.116. The first-order valence-electron chi connectivity index (χ1n) is 9.42. The minimum atomic E-state index is 0.326. The number of nitrogens with one attached hydrogen (secondary N) is 2. The maximum Gasteiger partial charge on any atom is 0.0406 e. The van der Waals surface area contributed by atoms with Crippen molar-refractivity contribution in [1.82, 2.24) is 15.5 Å². The number of benzene rings is 2. The second kappa shape index (κ2) is 8.32. The number of rotatable bonds is 4. The molecule has 0 amide bonds. The Morgan fingerprint density at radius 1 is 1.00 bits per heavy atom. The van der Waals surface area contributed by atoms with E-state index in [4.69, 9.17) is 11.6 Å². The average molecular weight is 388 g/mol. The number of piperazine rings is 1. The van der Waals surface area contributed by atoms with Gasteiger partial charge >= 0.3 is 0 Å². The van der Waals surface area contributed by atoms with E-state index < -0.39 is 0 Å². The Kier molecular flexibility index (Phi) is 5.87. The molecule has 0 radical (unpaired) electrons. The van der Waals surface area contributed by atoms with E-state index >= 15 is 0 Å². The lowest BCUT2D eigenvalue weighted by Crippen LogP contribution is -2.63. The van der Waals surface area contributed by atoms with Gasteiger partial charge in [0.05, 0.1) is 0 Å². The van der Waals surface area contributed by atoms with E-state index in [0.717, 1.165) is 44.3 Å². The van der Waals surface area contributed by atoms with Crippen molar-refractivity contribution in [2.75, 3.05) is 32.7 Å². The number of hydrogen-bond donors (Lipinski definition) is 2. The second-order valence-electron chi connectivity index (χ2n) is 7.32. The van der Waals surface area contributed by atoms with Gasteiger partial charge in [-0.05, 0) is 48.7 Å². The molecule has 2 saturated heterocycles. The van der Waals surface area contributed by atoms with E-state index in [2.05, 4.69) is 51.9 Å². The Labute approximate surface area is 165 Å². The van der Waals surface area contributed by atoms with Crippen molar-refractivity contribution >= 4 is 23.4 Å². The third-order valence-electron chi connectivity index (χ3n) is 5.49. The molecule has 138 valence electrons. The van der Waals surface area contributed by atoms with Gasteiger partial charge in [-0.3, -0.25) is 4.90 Å². The molecular weight excluding hydrogens is 362 g/mol. The molecule has 0 bridgehead atoms. The van der Waals surface area contributed by atoms with Crippen LogP contribution in [0.3, 0.4) is 0 Å². The number of nitrogens with zero attached hydrogens (tertiary/aromatic N) is 1. The van der Waals surface area contributed by atoms with Gasteiger partial charge in [-0.25, -0.2) is 0 Å². The van der Waals surface area contributed by atoms with E-state index in [1.807, 2.05) is 23.9 Å². The molecule has 2 aliphatic rings. The number of piperidine rings is 1. The van der Waals surface area contributed by atoms with Gasteiger partial charge in [0.25, 0.3) is 0 Å². The zero-order valence-electron chi connectivity index (χ0n) is 15.0. The molecule has 2 aliphatic heterocycles. The van der Waals surface area contributed by atoms with Gasteiger partial charge in [-0.2, -0.15) is 0 Å². The first-order chi connectivity index (χ1) is 12.7. The van der Waals surface area contributed by atoms with Gasteiger partial charge in [0, 0.05) is 59.6 Å². The predicted octanol–water partition coefficient (Wildman–Crippen LogP) is 4.02. The van der Waals surface area contributed by atoms with Gasteiger partial charge in [0.1, 0.15) is 0 Å². The standard InChI is InChI=1S/C21H26ClN3S/c22-18-5-7-19(8-6-18)26-20-4-2-1-3-17(20)15-25-13-9-21(10-14-25)16-23-11-12-24-21/h1-8,23-24H,9-16H2. The molecule has 0 aromatic heterocycles. The Hall–Kier alpha value is -1.04. The summed E-state index contributed by atoms with van der Waals surface area (Å²) < 4.78 is 0. The molecule has 2 fully saturated rings. The Morgan fingerprint density at radius 2 is 1.77 bits per heavy atom. The van der Waals surface area contributed by atoms with Crippen LogP contribution in [0.4, 0.5) is 0 Å². The highest BCUT2D eigenvalue weighted by Crippen LogP contribution is 2.32. The molecule has 2 aromatic rings. The van der Waals surface area contributed by atoms with Gasteiger partial charge in [-0.15, -0.1) is 0 Å². The van der Waals surface area contributed by atoms with Crippen molar-refractivity contribution in [2.45, 2.75) is 34.7 Å². The van der Waals surface area contributed by atoms with Crippen molar-refractivity contribution in [2.24, 2.45) is 0 Å². The lowest BCUT2D eigenvalue weighted by atomic mass is 9.86. The molecule has 2 aromatic carbocycles. The van der Waals surface area contributed by atoms with E-state index in [9.17, 15) is 0 Å². The van der Waals surface area contributed by atoms with Gasteiger partial charge in [0.15, 0.2) is 0 Å². The average Bonchev–Trinajstić information content (AvgIpc) is 2.68. The van der Waals surface area contributed by atoms with Crippen molar-refractivity contribution in [1.29, 1.82) is 0 Å². The third-order valence-corrected chi connectivity index (χ3v) is 6.86. The summed E-state index contributed by atoms with van der Waals surface area (Å²) in [6.45, 7) is 6.66. The van der Waals surface area contributed by atoms with Crippen molar-refractivity contribution < 1.29 is 0 Å². The van der Waals surface area contributed by atoms with Gasteiger partial charge in [0.2, 0.25) is 0 Å². The van der Waals surface area contributed by atoms with Gasteiger partial charge < -0.3 is 10.6 Å². The maximum atomic E-state index is 6.01. The molecule has 4 rings (SSSR count). The van der Waals surface area contributed by atoms with Crippen molar-refractivity contribution in [3.8, 4) is 0 Å². The van der Waals surface area contributed by atoms with E-state index in [-0.39, 0.29) is 0 Å². The third kappa shape index (κ3) is 4.44. The molecule has 2 N–H and O–H groups in total. The predicted molar refractivity (Wildman–Crippen MR) is 110 cm³/mol. The minimum Gasteiger partial charge on any atom is -0.314 e. The first kappa shape index (κ1) is 18.3. The number of halogens is 1. The summed E-state index contributed by atoms with van der Waals surface area (Å²) in [5, 5.41) is 8.11. The maximum absolute atomic E-state index is 6.01. The van der Waals surface area contributed by atoms with E-state index in [0.29, 0.717) is 5.54 Å². The van der Waals surface area contributed by atoms with E-state index in [1.165, 1.54) is 28.2 Å². The lowest BCUT2D eigenvalue weighted by Gasteiger charge is -2.45. The van der Waals surface area contributed by atoms with Crippen LogP contribution < -0.4 is 10.6 Å². The van der Waals surface area contributed by atoms with E-state index in [1.54, 1.807) is 0 Å². The van der Waals surface area contributed by atoms with Crippen LogP contribution in [-0.4, -0.2) is 43.2 Å². The quantitative estimate of drug-likeness (QED) is 0.828. The number of hydrogen-bond acceptors (Lipinski definition) is 4. The van der Waals surface area contributed by atoms with Crippen LogP contribution in [0.2, 0.25) is 5.02 Å². The summed E-state index contributed by atoms with van der Waals surface area (Å²) >= 11 is 7.84.